The molecule has 172 valence electrons. The molecule has 1 aliphatic rings. The number of likely N-dealkylation sites (tertiary alicyclic amines) is 1. The Hall–Kier alpha value is -3.41. The monoisotopic (exact) mass is 444 g/mol. The minimum Gasteiger partial charge on any atom is -0.354 e. The molecule has 2 amide bonds. The van der Waals surface area contributed by atoms with E-state index in [0.29, 0.717) is 30.4 Å². The van der Waals surface area contributed by atoms with Gasteiger partial charge in [0.05, 0.1) is 0 Å². The molecule has 6 heteroatoms. The lowest BCUT2D eigenvalue weighted by atomic mass is 9.84. The SMILES string of the molecule is Cc1cc(C)c(C(=O)N2CCC([C@H](Cc3ccccc3)N(C)C(=O)c3ccccn3)CC2)[nH]1. The first-order chi connectivity index (χ1) is 15.9. The Kier molecular flexibility index (Phi) is 6.92. The Labute approximate surface area is 195 Å². The minimum atomic E-state index is -0.0625. The molecule has 1 saturated heterocycles. The van der Waals surface area contributed by atoms with E-state index in [1.54, 1.807) is 12.3 Å². The number of aromatic nitrogens is 2. The van der Waals surface area contributed by atoms with Crippen LogP contribution in [0.2, 0.25) is 0 Å². The normalized spacial score (nSPS) is 15.3. The third-order valence-electron chi connectivity index (χ3n) is 6.72. The van der Waals surface area contributed by atoms with E-state index in [1.165, 1.54) is 5.56 Å². The number of aryl methyl sites for hydroxylation is 2. The van der Waals surface area contributed by atoms with E-state index in [9.17, 15) is 9.59 Å². The van der Waals surface area contributed by atoms with Gasteiger partial charge < -0.3 is 14.8 Å². The lowest BCUT2D eigenvalue weighted by molar-refractivity contribution is 0.0516. The third kappa shape index (κ3) is 5.16. The fourth-order valence-corrected chi connectivity index (χ4v) is 4.89. The van der Waals surface area contributed by atoms with Crippen LogP contribution in [0.4, 0.5) is 0 Å². The number of carbonyl (C=O) groups excluding carboxylic acids is 2. The molecule has 1 aromatic carbocycles. The van der Waals surface area contributed by atoms with Crippen LogP contribution in [0.5, 0.6) is 0 Å². The number of piperidine rings is 1. The predicted octanol–water partition coefficient (Wildman–Crippen LogP) is 4.26. The topological polar surface area (TPSA) is 69.3 Å². The molecule has 1 aliphatic heterocycles. The Bertz CT molecular complexity index is 1090. The molecule has 33 heavy (non-hydrogen) atoms. The Morgan fingerprint density at radius 2 is 1.79 bits per heavy atom. The molecule has 0 radical (unpaired) electrons. The highest BCUT2D eigenvalue weighted by Gasteiger charge is 2.34. The average molecular weight is 445 g/mol. The van der Waals surface area contributed by atoms with Gasteiger partial charge >= 0.3 is 0 Å². The largest absolute Gasteiger partial charge is 0.354 e. The lowest BCUT2D eigenvalue weighted by Gasteiger charge is -2.40. The molecule has 0 bridgehead atoms. The van der Waals surface area contributed by atoms with Gasteiger partial charge in [-0.15, -0.1) is 0 Å². The van der Waals surface area contributed by atoms with Gasteiger partial charge in [0.1, 0.15) is 11.4 Å². The Morgan fingerprint density at radius 3 is 2.39 bits per heavy atom. The van der Waals surface area contributed by atoms with Crippen molar-refractivity contribution in [2.75, 3.05) is 20.1 Å². The Morgan fingerprint density at radius 1 is 1.09 bits per heavy atom. The van der Waals surface area contributed by atoms with Crippen LogP contribution in [0.1, 0.15) is 50.6 Å². The number of pyridine rings is 1. The molecule has 0 saturated carbocycles. The van der Waals surface area contributed by atoms with E-state index in [1.807, 2.05) is 67.1 Å². The van der Waals surface area contributed by atoms with Gasteiger partial charge in [-0.05, 0) is 68.4 Å². The van der Waals surface area contributed by atoms with E-state index in [2.05, 4.69) is 22.1 Å². The van der Waals surface area contributed by atoms with Crippen molar-refractivity contribution in [3.8, 4) is 0 Å². The number of rotatable bonds is 6. The van der Waals surface area contributed by atoms with Gasteiger partial charge in [-0.25, -0.2) is 0 Å². The molecule has 2 aromatic heterocycles. The Balaban J connectivity index is 1.49. The lowest BCUT2D eigenvalue weighted by Crippen LogP contribution is -2.48. The molecule has 0 spiro atoms. The number of nitrogens with one attached hydrogen (secondary N) is 1. The summed E-state index contributed by atoms with van der Waals surface area (Å²) < 4.78 is 0. The molecule has 1 atom stereocenters. The number of likely N-dealkylation sites (N-methyl/N-ethyl adjacent to an activating group) is 1. The summed E-state index contributed by atoms with van der Waals surface area (Å²) in [5.41, 5.74) is 4.35. The smallest absolute Gasteiger partial charge is 0.272 e. The molecule has 1 N–H and O–H groups in total. The first-order valence-corrected chi connectivity index (χ1v) is 11.6. The van der Waals surface area contributed by atoms with Crippen molar-refractivity contribution in [3.63, 3.8) is 0 Å². The number of aromatic amines is 1. The number of amides is 2. The summed E-state index contributed by atoms with van der Waals surface area (Å²) >= 11 is 0. The molecule has 4 rings (SSSR count). The fraction of sp³-hybridized carbons (Fsp3) is 0.370. The summed E-state index contributed by atoms with van der Waals surface area (Å²) in [4.78, 5) is 37.5. The quantitative estimate of drug-likeness (QED) is 0.618. The number of hydrogen-bond acceptors (Lipinski definition) is 3. The second-order valence-electron chi connectivity index (χ2n) is 9.03. The van der Waals surface area contributed by atoms with Gasteiger partial charge in [0.15, 0.2) is 0 Å². The molecule has 3 heterocycles. The summed E-state index contributed by atoms with van der Waals surface area (Å²) in [5.74, 6) is 0.308. The minimum absolute atomic E-state index is 0.0358. The summed E-state index contributed by atoms with van der Waals surface area (Å²) in [7, 11) is 1.88. The van der Waals surface area contributed by atoms with Crippen molar-refractivity contribution >= 4 is 11.8 Å². The first-order valence-electron chi connectivity index (χ1n) is 11.6. The van der Waals surface area contributed by atoms with Crippen LogP contribution in [0.15, 0.2) is 60.8 Å². The second-order valence-corrected chi connectivity index (χ2v) is 9.03. The summed E-state index contributed by atoms with van der Waals surface area (Å²) in [6.45, 7) is 5.33. The van der Waals surface area contributed by atoms with Gasteiger partial charge in [0, 0.05) is 38.1 Å². The van der Waals surface area contributed by atoms with E-state index < -0.39 is 0 Å². The second kappa shape index (κ2) is 10.0. The van der Waals surface area contributed by atoms with Crippen molar-refractivity contribution < 1.29 is 9.59 Å². The molecule has 3 aromatic rings. The average Bonchev–Trinajstić information content (AvgIpc) is 3.20. The number of nitrogens with zero attached hydrogens (tertiary/aromatic N) is 3. The van der Waals surface area contributed by atoms with Crippen LogP contribution in [-0.2, 0) is 6.42 Å². The van der Waals surface area contributed by atoms with Gasteiger partial charge in [0.2, 0.25) is 0 Å². The van der Waals surface area contributed by atoms with Crippen molar-refractivity contribution in [1.82, 2.24) is 19.8 Å². The van der Waals surface area contributed by atoms with Gasteiger partial charge in [-0.1, -0.05) is 36.4 Å². The van der Waals surface area contributed by atoms with Crippen LogP contribution >= 0.6 is 0 Å². The maximum absolute atomic E-state index is 13.2. The van der Waals surface area contributed by atoms with Crippen molar-refractivity contribution in [2.24, 2.45) is 5.92 Å². The van der Waals surface area contributed by atoms with E-state index in [-0.39, 0.29) is 17.9 Å². The fourth-order valence-electron chi connectivity index (χ4n) is 4.89. The van der Waals surface area contributed by atoms with E-state index in [4.69, 9.17) is 0 Å². The first kappa shape index (κ1) is 22.8. The predicted molar refractivity (Wildman–Crippen MR) is 129 cm³/mol. The highest BCUT2D eigenvalue weighted by Crippen LogP contribution is 2.28. The highest BCUT2D eigenvalue weighted by molar-refractivity contribution is 5.94. The molecule has 6 nitrogen and oxygen atoms in total. The molecule has 1 fully saturated rings. The van der Waals surface area contributed by atoms with Crippen LogP contribution in [0.25, 0.3) is 0 Å². The number of carbonyl (C=O) groups is 2. The molecule has 0 unspecified atom stereocenters. The van der Waals surface area contributed by atoms with Gasteiger partial charge in [-0.2, -0.15) is 0 Å². The van der Waals surface area contributed by atoms with E-state index in [0.717, 1.165) is 30.5 Å². The van der Waals surface area contributed by atoms with E-state index >= 15 is 0 Å². The standard InChI is InChI=1S/C27H32N4O2/c1-19-17-20(2)29-25(19)27(33)31-15-12-22(13-16-31)24(18-21-9-5-4-6-10-21)30(3)26(32)23-11-7-8-14-28-23/h4-11,14,17,22,24,29H,12-13,15-16,18H2,1-3H3/t24-/m0/s1. The zero-order chi connectivity index (χ0) is 23.4. The summed E-state index contributed by atoms with van der Waals surface area (Å²) in [5, 5.41) is 0. The molecular formula is C27H32N4O2. The van der Waals surface area contributed by atoms with Crippen molar-refractivity contribution in [1.29, 1.82) is 0 Å². The molecular weight excluding hydrogens is 412 g/mol. The number of benzene rings is 1. The third-order valence-corrected chi connectivity index (χ3v) is 6.72. The van der Waals surface area contributed by atoms with Crippen molar-refractivity contribution in [2.45, 2.75) is 39.2 Å². The molecule has 0 aliphatic carbocycles. The van der Waals surface area contributed by atoms with Crippen LogP contribution in [-0.4, -0.2) is 57.8 Å². The number of hydrogen-bond donors (Lipinski definition) is 1. The maximum Gasteiger partial charge on any atom is 0.272 e. The van der Waals surface area contributed by atoms with Gasteiger partial charge in [0.25, 0.3) is 11.8 Å². The summed E-state index contributed by atoms with van der Waals surface area (Å²) in [6, 6.07) is 17.8. The van der Waals surface area contributed by atoms with Gasteiger partial charge in [-0.3, -0.25) is 14.6 Å². The highest BCUT2D eigenvalue weighted by atomic mass is 16.2. The number of H-pyrrole nitrogens is 1. The van der Waals surface area contributed by atoms with Crippen LogP contribution in [0, 0.1) is 19.8 Å². The summed E-state index contributed by atoms with van der Waals surface area (Å²) in [6.07, 6.45) is 4.16. The zero-order valence-corrected chi connectivity index (χ0v) is 19.6. The van der Waals surface area contributed by atoms with Crippen LogP contribution < -0.4 is 0 Å². The zero-order valence-electron chi connectivity index (χ0n) is 19.6. The van der Waals surface area contributed by atoms with Crippen LogP contribution in [0.3, 0.4) is 0 Å². The maximum atomic E-state index is 13.2. The van der Waals surface area contributed by atoms with Crippen molar-refractivity contribution in [3.05, 3.63) is 89.0 Å².